The maximum absolute atomic E-state index is 5.29. The van der Waals surface area contributed by atoms with Gasteiger partial charge >= 0.3 is 0 Å². The topological polar surface area (TPSA) is 35.3 Å². The van der Waals surface area contributed by atoms with Crippen molar-refractivity contribution >= 4 is 0 Å². The highest BCUT2D eigenvalue weighted by atomic mass is 16.5. The van der Waals surface area contributed by atoms with E-state index < -0.39 is 0 Å². The third-order valence-electron chi connectivity index (χ3n) is 3.30. The Labute approximate surface area is 147 Å². The van der Waals surface area contributed by atoms with Gasteiger partial charge in [-0.25, -0.2) is 0 Å². The average Bonchev–Trinajstić information content (AvgIpc) is 2.81. The average molecular weight is 332 g/mol. The lowest BCUT2D eigenvalue weighted by Crippen LogP contribution is -2.09. The molecule has 0 radical (unpaired) electrons. The minimum Gasteiger partial charge on any atom is -0.496 e. The lowest BCUT2D eigenvalue weighted by molar-refractivity contribution is 0.362. The highest BCUT2D eigenvalue weighted by molar-refractivity contribution is 5.33. The van der Waals surface area contributed by atoms with E-state index in [1.54, 1.807) is 7.11 Å². The molecule has 2 aromatic rings. The van der Waals surface area contributed by atoms with Crippen LogP contribution in [0.25, 0.3) is 0 Å². The summed E-state index contributed by atoms with van der Waals surface area (Å²) in [5, 5.41) is 3.93. The van der Waals surface area contributed by atoms with E-state index >= 15 is 0 Å². The molecule has 3 heteroatoms. The summed E-state index contributed by atoms with van der Waals surface area (Å²) in [4.78, 5) is 0. The van der Waals surface area contributed by atoms with Crippen molar-refractivity contribution in [3.05, 3.63) is 47.3 Å². The van der Waals surface area contributed by atoms with Crippen LogP contribution in [0.4, 0.5) is 0 Å². The van der Waals surface area contributed by atoms with Crippen LogP contribution < -0.4 is 4.74 Å². The highest BCUT2D eigenvalue weighted by Crippen LogP contribution is 2.26. The van der Waals surface area contributed by atoms with Crippen LogP contribution in [-0.4, -0.2) is 12.3 Å². The van der Waals surface area contributed by atoms with Crippen molar-refractivity contribution in [1.82, 2.24) is 5.16 Å². The second-order valence-corrected chi connectivity index (χ2v) is 8.72. The maximum atomic E-state index is 5.29. The first-order valence-corrected chi connectivity index (χ1v) is 8.54. The SMILES string of the molecule is COc1ccccc1CC(C)(C)C.Cc1cc(CC(C)(C)C)no1. The standard InChI is InChI=1S/C12H18O.C9H15NO/c1-12(2,3)9-10-7-5-6-8-11(10)13-4;1-7-5-8(10-11-7)6-9(2,3)4/h5-8H,9H2,1-4H3;5H,6H2,1-4H3. The van der Waals surface area contributed by atoms with Crippen LogP contribution in [0.5, 0.6) is 5.75 Å². The van der Waals surface area contributed by atoms with Gasteiger partial charge in [-0.15, -0.1) is 0 Å². The van der Waals surface area contributed by atoms with Gasteiger partial charge in [-0.2, -0.15) is 0 Å². The molecule has 0 fully saturated rings. The second-order valence-electron chi connectivity index (χ2n) is 8.72. The molecule has 0 bridgehead atoms. The number of hydrogen-bond donors (Lipinski definition) is 0. The highest BCUT2D eigenvalue weighted by Gasteiger charge is 2.14. The Morgan fingerprint density at radius 1 is 0.958 bits per heavy atom. The molecule has 0 unspecified atom stereocenters. The van der Waals surface area contributed by atoms with Gasteiger partial charge in [-0.1, -0.05) is 64.9 Å². The number of nitrogens with zero attached hydrogens (tertiary/aromatic N) is 1. The zero-order valence-electron chi connectivity index (χ0n) is 16.6. The molecule has 0 saturated carbocycles. The largest absolute Gasteiger partial charge is 0.496 e. The molecular formula is C21H33NO2. The summed E-state index contributed by atoms with van der Waals surface area (Å²) < 4.78 is 10.3. The number of ether oxygens (including phenoxy) is 1. The van der Waals surface area contributed by atoms with Gasteiger partial charge in [0.1, 0.15) is 11.5 Å². The van der Waals surface area contributed by atoms with E-state index in [-0.39, 0.29) is 0 Å². The lowest BCUT2D eigenvalue weighted by Gasteiger charge is -2.19. The molecule has 134 valence electrons. The Bertz CT molecular complexity index is 615. The monoisotopic (exact) mass is 331 g/mol. The van der Waals surface area contributed by atoms with Crippen LogP contribution in [0.2, 0.25) is 0 Å². The van der Waals surface area contributed by atoms with Crippen LogP contribution in [0, 0.1) is 17.8 Å². The minimum absolute atomic E-state index is 0.295. The summed E-state index contributed by atoms with van der Waals surface area (Å²) in [7, 11) is 1.72. The maximum Gasteiger partial charge on any atom is 0.133 e. The molecule has 1 aromatic carbocycles. The molecule has 1 aromatic heterocycles. The molecule has 0 atom stereocenters. The van der Waals surface area contributed by atoms with Gasteiger partial charge in [0.2, 0.25) is 0 Å². The minimum atomic E-state index is 0.295. The molecule has 0 aliphatic heterocycles. The van der Waals surface area contributed by atoms with Crippen molar-refractivity contribution in [2.45, 2.75) is 61.3 Å². The van der Waals surface area contributed by atoms with Crippen molar-refractivity contribution < 1.29 is 9.26 Å². The van der Waals surface area contributed by atoms with Crippen molar-refractivity contribution in [1.29, 1.82) is 0 Å². The number of para-hydroxylation sites is 1. The number of rotatable bonds is 3. The predicted molar refractivity (Wildman–Crippen MR) is 101 cm³/mol. The van der Waals surface area contributed by atoms with Crippen molar-refractivity contribution in [2.24, 2.45) is 10.8 Å². The third kappa shape index (κ3) is 8.19. The molecule has 0 saturated heterocycles. The Morgan fingerprint density at radius 3 is 2.00 bits per heavy atom. The van der Waals surface area contributed by atoms with Crippen LogP contribution in [-0.2, 0) is 12.8 Å². The zero-order valence-corrected chi connectivity index (χ0v) is 16.6. The number of aryl methyl sites for hydroxylation is 1. The fourth-order valence-electron chi connectivity index (χ4n) is 2.46. The number of hydrogen-bond acceptors (Lipinski definition) is 3. The number of methoxy groups -OCH3 is 1. The van der Waals surface area contributed by atoms with E-state index in [9.17, 15) is 0 Å². The molecule has 0 spiro atoms. The van der Waals surface area contributed by atoms with Gasteiger partial charge in [0, 0.05) is 6.07 Å². The van der Waals surface area contributed by atoms with Crippen molar-refractivity contribution in [3.8, 4) is 5.75 Å². The first kappa shape index (κ1) is 20.3. The Balaban J connectivity index is 0.000000243. The number of benzene rings is 1. The van der Waals surface area contributed by atoms with E-state index in [0.717, 1.165) is 30.0 Å². The van der Waals surface area contributed by atoms with E-state index in [1.807, 2.05) is 25.1 Å². The first-order chi connectivity index (χ1) is 11.0. The van der Waals surface area contributed by atoms with Crippen LogP contribution in [0.15, 0.2) is 34.9 Å². The molecule has 2 rings (SSSR count). The van der Waals surface area contributed by atoms with E-state index in [4.69, 9.17) is 9.26 Å². The summed E-state index contributed by atoms with van der Waals surface area (Å²) in [6.45, 7) is 15.2. The van der Waals surface area contributed by atoms with E-state index in [1.165, 1.54) is 5.56 Å². The normalized spacial score (nSPS) is 11.7. The Morgan fingerprint density at radius 2 is 1.54 bits per heavy atom. The van der Waals surface area contributed by atoms with Gasteiger partial charge in [0.05, 0.1) is 12.8 Å². The number of aromatic nitrogens is 1. The molecule has 3 nitrogen and oxygen atoms in total. The van der Waals surface area contributed by atoms with Crippen molar-refractivity contribution in [3.63, 3.8) is 0 Å². The summed E-state index contributed by atoms with van der Waals surface area (Å²) in [6.07, 6.45) is 2.03. The fraction of sp³-hybridized carbons (Fsp3) is 0.571. The zero-order chi connectivity index (χ0) is 18.4. The Hall–Kier alpha value is -1.77. The lowest BCUT2D eigenvalue weighted by atomic mass is 9.88. The quantitative estimate of drug-likeness (QED) is 0.707. The second kappa shape index (κ2) is 8.36. The first-order valence-electron chi connectivity index (χ1n) is 8.54. The summed E-state index contributed by atoms with van der Waals surface area (Å²) in [5.41, 5.74) is 2.95. The van der Waals surface area contributed by atoms with Crippen LogP contribution in [0.3, 0.4) is 0 Å². The summed E-state index contributed by atoms with van der Waals surface area (Å²) >= 11 is 0. The van der Waals surface area contributed by atoms with Crippen molar-refractivity contribution in [2.75, 3.05) is 7.11 Å². The third-order valence-corrected chi connectivity index (χ3v) is 3.30. The summed E-state index contributed by atoms with van der Waals surface area (Å²) in [6, 6.07) is 10.2. The molecule has 24 heavy (non-hydrogen) atoms. The van der Waals surface area contributed by atoms with Crippen LogP contribution >= 0.6 is 0 Å². The Kier molecular flexibility index (Phi) is 7.07. The van der Waals surface area contributed by atoms with Crippen LogP contribution in [0.1, 0.15) is 58.6 Å². The molecular weight excluding hydrogens is 298 g/mol. The van der Waals surface area contributed by atoms with E-state index in [2.05, 4.69) is 58.8 Å². The van der Waals surface area contributed by atoms with Gasteiger partial charge in [-0.05, 0) is 42.2 Å². The van der Waals surface area contributed by atoms with Gasteiger partial charge in [-0.3, -0.25) is 0 Å². The predicted octanol–water partition coefficient (Wildman–Crippen LogP) is 5.86. The summed E-state index contributed by atoms with van der Waals surface area (Å²) in [5.74, 6) is 1.89. The smallest absolute Gasteiger partial charge is 0.133 e. The molecule has 1 heterocycles. The molecule has 0 aliphatic carbocycles. The fourth-order valence-corrected chi connectivity index (χ4v) is 2.46. The van der Waals surface area contributed by atoms with Gasteiger partial charge < -0.3 is 9.26 Å². The van der Waals surface area contributed by atoms with E-state index in [0.29, 0.717) is 10.8 Å². The molecule has 0 N–H and O–H groups in total. The van der Waals surface area contributed by atoms with Gasteiger partial charge in [0.15, 0.2) is 0 Å². The molecule has 0 aliphatic rings. The van der Waals surface area contributed by atoms with Gasteiger partial charge in [0.25, 0.3) is 0 Å². The molecule has 0 amide bonds.